The molecule has 0 aromatic heterocycles. The second-order valence-electron chi connectivity index (χ2n) is 3.57. The van der Waals surface area contributed by atoms with Crippen LogP contribution in [0.4, 0.5) is 0 Å². The zero-order chi connectivity index (χ0) is 9.26. The number of fused-ring (bicyclic) bond motifs is 1. The van der Waals surface area contributed by atoms with Crippen LogP contribution in [0.1, 0.15) is 36.8 Å². The Morgan fingerprint density at radius 1 is 1.20 bits per heavy atom. The Bertz CT molecular complexity index is 347. The molecule has 1 atom stereocenters. The van der Waals surface area contributed by atoms with Crippen molar-refractivity contribution < 1.29 is 49.5 Å². The molecule has 1 aliphatic rings. The Balaban J connectivity index is 0.000000980. The van der Waals surface area contributed by atoms with Gasteiger partial charge in [-0.05, 0) is 0 Å². The molecule has 1 aromatic carbocycles. The molecule has 0 bridgehead atoms. The summed E-state index contributed by atoms with van der Waals surface area (Å²) in [7, 11) is 0. The van der Waals surface area contributed by atoms with E-state index in [1.807, 2.05) is 0 Å². The molecule has 1 aromatic rings. The van der Waals surface area contributed by atoms with E-state index in [-0.39, 0.29) is 24.8 Å². The van der Waals surface area contributed by atoms with E-state index in [4.69, 9.17) is 0 Å². The fourth-order valence-corrected chi connectivity index (χ4v) is 3.11. The summed E-state index contributed by atoms with van der Waals surface area (Å²) in [5.41, 5.74) is 3.00. The Labute approximate surface area is 119 Å². The van der Waals surface area contributed by atoms with Crippen LogP contribution in [0, 0.1) is 0 Å². The van der Waals surface area contributed by atoms with Gasteiger partial charge in [-0.2, -0.15) is 0 Å². The maximum atomic E-state index is 2.37. The molecular weight excluding hydrogens is 306 g/mol. The molecule has 0 saturated heterocycles. The third-order valence-electron chi connectivity index (χ3n) is 2.64. The molecule has 1 unspecified atom stereocenters. The molecule has 79 valence electrons. The van der Waals surface area contributed by atoms with Gasteiger partial charge in [0, 0.05) is 0 Å². The van der Waals surface area contributed by atoms with Crippen molar-refractivity contribution in [3.63, 3.8) is 0 Å². The summed E-state index contributed by atoms with van der Waals surface area (Å²) in [4.78, 5) is 0. The van der Waals surface area contributed by atoms with Crippen LogP contribution in [0.25, 0.3) is 6.08 Å². The van der Waals surface area contributed by atoms with Crippen LogP contribution in [0.5, 0.6) is 0 Å². The average Bonchev–Trinajstić information content (AvgIpc) is 2.44. The van der Waals surface area contributed by atoms with Gasteiger partial charge in [-0.1, -0.05) is 0 Å². The SMILES string of the molecule is CCCC1[C]([Zr+2])=Cc2ccccc21.[Cl-].[Cl-]. The summed E-state index contributed by atoms with van der Waals surface area (Å²) in [5, 5.41) is 0. The Morgan fingerprint density at radius 2 is 1.87 bits per heavy atom. The largest absolute Gasteiger partial charge is 1.00 e. The van der Waals surface area contributed by atoms with Crippen LogP contribution in [-0.2, 0) is 24.7 Å². The fraction of sp³-hybridized carbons (Fsp3) is 0.333. The van der Waals surface area contributed by atoms with E-state index in [0.29, 0.717) is 0 Å². The summed E-state index contributed by atoms with van der Waals surface area (Å²) in [6, 6.07) is 8.80. The first-order valence-electron chi connectivity index (χ1n) is 4.85. The fourth-order valence-electron chi connectivity index (χ4n) is 2.00. The molecule has 3 heteroatoms. The van der Waals surface area contributed by atoms with Gasteiger partial charge in [0.05, 0.1) is 0 Å². The van der Waals surface area contributed by atoms with Crippen LogP contribution >= 0.6 is 0 Å². The number of allylic oxidation sites excluding steroid dienone is 1. The van der Waals surface area contributed by atoms with Gasteiger partial charge in [-0.15, -0.1) is 0 Å². The smallest absolute Gasteiger partial charge is 1.00 e. The van der Waals surface area contributed by atoms with E-state index in [2.05, 4.69) is 37.3 Å². The maximum Gasteiger partial charge on any atom is -1.00 e. The Kier molecular flexibility index (Phi) is 7.08. The molecule has 0 N–H and O–H groups in total. The van der Waals surface area contributed by atoms with Crippen molar-refractivity contribution in [3.05, 3.63) is 38.7 Å². The monoisotopic (exact) mass is 317 g/mol. The molecule has 1 aliphatic carbocycles. The van der Waals surface area contributed by atoms with Gasteiger partial charge >= 0.3 is 95.2 Å². The van der Waals surface area contributed by atoms with E-state index in [9.17, 15) is 0 Å². The normalized spacial score (nSPS) is 17.3. The Hall–Kier alpha value is 0.423. The molecule has 0 heterocycles. The Morgan fingerprint density at radius 3 is 2.53 bits per heavy atom. The molecule has 0 radical (unpaired) electrons. The zero-order valence-electron chi connectivity index (χ0n) is 8.63. The van der Waals surface area contributed by atoms with E-state index in [0.717, 1.165) is 5.92 Å². The number of rotatable bonds is 2. The van der Waals surface area contributed by atoms with Crippen molar-refractivity contribution in [1.29, 1.82) is 0 Å². The molecule has 0 saturated carbocycles. The first-order chi connectivity index (χ1) is 6.33. The van der Waals surface area contributed by atoms with Crippen molar-refractivity contribution in [1.82, 2.24) is 0 Å². The molecule has 0 spiro atoms. The minimum absolute atomic E-state index is 0. The first kappa shape index (κ1) is 15.4. The molecule has 0 aliphatic heterocycles. The average molecular weight is 319 g/mol. The van der Waals surface area contributed by atoms with Gasteiger partial charge in [0.25, 0.3) is 0 Å². The third kappa shape index (κ3) is 3.19. The van der Waals surface area contributed by atoms with Crippen LogP contribution in [0.15, 0.2) is 27.5 Å². The van der Waals surface area contributed by atoms with Gasteiger partial charge in [0.2, 0.25) is 0 Å². The van der Waals surface area contributed by atoms with Crippen LogP contribution in [-0.4, -0.2) is 0 Å². The standard InChI is InChI=1S/C12H13.2ClH.Zr/c1-2-5-10-8-9-11-6-3-4-7-12(10)11;;;/h3-4,6-7,9-10H,2,5H2,1H3;2*1H;/q;;;+2/p-2. The van der Waals surface area contributed by atoms with E-state index in [1.165, 1.54) is 18.4 Å². The molecule has 0 amide bonds. The second kappa shape index (κ2) is 6.89. The van der Waals surface area contributed by atoms with Gasteiger partial charge in [0.15, 0.2) is 0 Å². The van der Waals surface area contributed by atoms with Crippen molar-refractivity contribution in [2.45, 2.75) is 25.7 Å². The molecule has 15 heavy (non-hydrogen) atoms. The van der Waals surface area contributed by atoms with Gasteiger partial charge in [-0.3, -0.25) is 0 Å². The maximum absolute atomic E-state index is 2.37. The summed E-state index contributed by atoms with van der Waals surface area (Å²) >= 11 is 1.58. The van der Waals surface area contributed by atoms with Gasteiger partial charge in [-0.25, -0.2) is 0 Å². The molecule has 2 rings (SSSR count). The van der Waals surface area contributed by atoms with Crippen molar-refractivity contribution in [2.75, 3.05) is 0 Å². The van der Waals surface area contributed by atoms with E-state index in [1.54, 1.807) is 33.6 Å². The predicted octanol–water partition coefficient (Wildman–Crippen LogP) is -2.52. The van der Waals surface area contributed by atoms with Crippen LogP contribution in [0.2, 0.25) is 0 Å². The number of halogens is 2. The van der Waals surface area contributed by atoms with Crippen LogP contribution < -0.4 is 24.8 Å². The third-order valence-corrected chi connectivity index (χ3v) is 3.85. The number of benzene rings is 1. The summed E-state index contributed by atoms with van der Waals surface area (Å²) in [6.07, 6.45) is 4.96. The van der Waals surface area contributed by atoms with Gasteiger partial charge < -0.3 is 24.8 Å². The second-order valence-corrected chi connectivity index (χ2v) is 4.99. The minimum atomic E-state index is 0. The molecule has 0 nitrogen and oxygen atoms in total. The number of hydrogen-bond acceptors (Lipinski definition) is 0. The number of hydrogen-bond donors (Lipinski definition) is 0. The van der Waals surface area contributed by atoms with Crippen molar-refractivity contribution in [2.24, 2.45) is 0 Å². The topological polar surface area (TPSA) is 0 Å². The summed E-state index contributed by atoms with van der Waals surface area (Å²) in [6.45, 7) is 2.27. The van der Waals surface area contributed by atoms with Crippen molar-refractivity contribution in [3.8, 4) is 0 Å². The summed E-state index contributed by atoms with van der Waals surface area (Å²) < 4.78 is 1.62. The molecular formula is C12H13Cl2Zr. The molecule has 0 fully saturated rings. The first-order valence-corrected chi connectivity index (χ1v) is 6.08. The zero-order valence-corrected chi connectivity index (χ0v) is 12.6. The minimum Gasteiger partial charge on any atom is -1.00 e. The predicted molar refractivity (Wildman–Crippen MR) is 52.1 cm³/mol. The van der Waals surface area contributed by atoms with Crippen molar-refractivity contribution >= 4 is 6.08 Å². The van der Waals surface area contributed by atoms with E-state index >= 15 is 0 Å². The van der Waals surface area contributed by atoms with Gasteiger partial charge in [0.1, 0.15) is 0 Å². The summed E-state index contributed by atoms with van der Waals surface area (Å²) in [5.74, 6) is 0.736. The van der Waals surface area contributed by atoms with E-state index < -0.39 is 0 Å². The quantitative estimate of drug-likeness (QED) is 0.565. The van der Waals surface area contributed by atoms with Crippen LogP contribution in [0.3, 0.4) is 0 Å².